The van der Waals surface area contributed by atoms with E-state index < -0.39 is 16.4 Å². The van der Waals surface area contributed by atoms with Gasteiger partial charge in [0, 0.05) is 12.1 Å². The molecular formula is C22H17FN6O3. The van der Waals surface area contributed by atoms with Gasteiger partial charge in [-0.1, -0.05) is 19.1 Å². The quantitative estimate of drug-likeness (QED) is 0.309. The fraction of sp³-hybridized carbons (Fsp3) is 0.182. The van der Waals surface area contributed by atoms with Gasteiger partial charge in [-0.3, -0.25) is 24.0 Å². The molecule has 0 saturated heterocycles. The van der Waals surface area contributed by atoms with Crippen molar-refractivity contribution in [2.45, 2.75) is 26.3 Å². The molecule has 0 unspecified atom stereocenters. The molecule has 0 amide bonds. The number of nitrogens with zero attached hydrogens (tertiary/aromatic N) is 6. The van der Waals surface area contributed by atoms with E-state index in [0.29, 0.717) is 22.2 Å². The van der Waals surface area contributed by atoms with Gasteiger partial charge in [-0.25, -0.2) is 15.0 Å². The molecule has 0 N–H and O–H groups in total. The van der Waals surface area contributed by atoms with Crippen molar-refractivity contribution < 1.29 is 9.31 Å². The minimum atomic E-state index is -0.955. The van der Waals surface area contributed by atoms with Gasteiger partial charge in [-0.05, 0) is 37.6 Å². The maximum absolute atomic E-state index is 14.0. The Morgan fingerprint density at radius 1 is 1.12 bits per heavy atom. The summed E-state index contributed by atoms with van der Waals surface area (Å²) < 4.78 is 17.0. The summed E-state index contributed by atoms with van der Waals surface area (Å²) in [6.45, 7) is 3.88. The third-order valence-electron chi connectivity index (χ3n) is 5.64. The molecule has 3 aromatic heterocycles. The number of para-hydroxylation sites is 2. The van der Waals surface area contributed by atoms with Gasteiger partial charge in [0.2, 0.25) is 5.82 Å². The maximum Gasteiger partial charge on any atom is 0.306 e. The van der Waals surface area contributed by atoms with Crippen LogP contribution in [0.25, 0.3) is 38.9 Å². The van der Waals surface area contributed by atoms with Crippen LogP contribution < -0.4 is 5.56 Å². The van der Waals surface area contributed by atoms with Crippen molar-refractivity contribution >= 4 is 38.9 Å². The summed E-state index contributed by atoms with van der Waals surface area (Å²) in [6.07, 6.45) is 2.18. The highest BCUT2D eigenvalue weighted by atomic mass is 19.1. The highest BCUT2D eigenvalue weighted by Gasteiger charge is 2.23. The van der Waals surface area contributed by atoms with E-state index in [1.807, 2.05) is 26.0 Å². The van der Waals surface area contributed by atoms with Crippen LogP contribution >= 0.6 is 0 Å². The molecule has 160 valence electrons. The van der Waals surface area contributed by atoms with Gasteiger partial charge >= 0.3 is 5.69 Å². The SMILES string of the molecule is CC[C@H](C)n1cnc2c(c1=O)c1nc3ccccc3nc1n2-c1ccc(F)c([N+](=O)[O-])c1. The second-order valence-corrected chi connectivity index (χ2v) is 7.53. The van der Waals surface area contributed by atoms with Crippen LogP contribution in [0.4, 0.5) is 10.1 Å². The van der Waals surface area contributed by atoms with Crippen LogP contribution in [0.1, 0.15) is 26.3 Å². The fourth-order valence-electron chi connectivity index (χ4n) is 3.79. The van der Waals surface area contributed by atoms with Crippen LogP contribution in [0.15, 0.2) is 53.6 Å². The number of hydrogen-bond donors (Lipinski definition) is 0. The zero-order valence-corrected chi connectivity index (χ0v) is 17.2. The standard InChI is InChI=1S/C22H17FN6O3/c1-3-12(2)27-11-24-20-18(22(27)30)19-21(26-16-7-5-4-6-15(16)25-19)28(20)13-8-9-14(23)17(10-13)29(31)32/h4-12H,3H2,1-2H3/t12-/m0/s1. The number of nitro groups is 1. The van der Waals surface area contributed by atoms with E-state index >= 15 is 0 Å². The first kappa shape index (κ1) is 19.7. The summed E-state index contributed by atoms with van der Waals surface area (Å²) in [5.74, 6) is -0.955. The number of aromatic nitrogens is 5. The molecule has 0 aliphatic heterocycles. The Bertz CT molecular complexity index is 1610. The monoisotopic (exact) mass is 432 g/mol. The lowest BCUT2D eigenvalue weighted by molar-refractivity contribution is -0.387. The van der Waals surface area contributed by atoms with Gasteiger partial charge in [0.05, 0.1) is 21.6 Å². The molecule has 32 heavy (non-hydrogen) atoms. The summed E-state index contributed by atoms with van der Waals surface area (Å²) in [6, 6.07) is 10.6. The first-order chi connectivity index (χ1) is 15.4. The summed E-state index contributed by atoms with van der Waals surface area (Å²) in [7, 11) is 0. The molecule has 0 saturated carbocycles. The molecular weight excluding hydrogens is 415 g/mol. The second-order valence-electron chi connectivity index (χ2n) is 7.53. The lowest BCUT2D eigenvalue weighted by atomic mass is 10.2. The normalized spacial score (nSPS) is 12.6. The Labute approximate surface area is 179 Å². The Morgan fingerprint density at radius 2 is 1.84 bits per heavy atom. The molecule has 0 fully saturated rings. The van der Waals surface area contributed by atoms with Crippen molar-refractivity contribution in [3.8, 4) is 5.69 Å². The van der Waals surface area contributed by atoms with E-state index in [4.69, 9.17) is 0 Å². The Morgan fingerprint density at radius 3 is 2.53 bits per heavy atom. The van der Waals surface area contributed by atoms with E-state index in [1.165, 1.54) is 21.5 Å². The van der Waals surface area contributed by atoms with Gasteiger partial charge in [0.1, 0.15) is 17.2 Å². The summed E-state index contributed by atoms with van der Waals surface area (Å²) in [4.78, 5) is 37.8. The molecule has 5 aromatic rings. The van der Waals surface area contributed by atoms with Gasteiger partial charge in [0.25, 0.3) is 5.56 Å². The van der Waals surface area contributed by atoms with Crippen LogP contribution in [0, 0.1) is 15.9 Å². The van der Waals surface area contributed by atoms with E-state index in [-0.39, 0.29) is 28.3 Å². The van der Waals surface area contributed by atoms with Crippen LogP contribution in [0.2, 0.25) is 0 Å². The largest absolute Gasteiger partial charge is 0.306 e. The van der Waals surface area contributed by atoms with Gasteiger partial charge in [-0.15, -0.1) is 0 Å². The molecule has 0 aliphatic rings. The van der Waals surface area contributed by atoms with Crippen molar-refractivity contribution in [2.24, 2.45) is 0 Å². The van der Waals surface area contributed by atoms with Crippen LogP contribution in [-0.2, 0) is 0 Å². The van der Waals surface area contributed by atoms with Crippen LogP contribution in [0.3, 0.4) is 0 Å². The second kappa shape index (κ2) is 7.19. The number of halogens is 1. The maximum atomic E-state index is 14.0. The van der Waals surface area contributed by atoms with Gasteiger partial charge < -0.3 is 0 Å². The van der Waals surface area contributed by atoms with E-state index in [0.717, 1.165) is 18.6 Å². The minimum absolute atomic E-state index is 0.0851. The molecule has 5 rings (SSSR count). The minimum Gasteiger partial charge on any atom is -0.296 e. The Balaban J connectivity index is 1.97. The average Bonchev–Trinajstić information content (AvgIpc) is 3.11. The predicted molar refractivity (Wildman–Crippen MR) is 118 cm³/mol. The summed E-state index contributed by atoms with van der Waals surface area (Å²) in [5.41, 5.74) is 1.38. The van der Waals surface area contributed by atoms with Crippen molar-refractivity contribution in [3.05, 3.63) is 75.1 Å². The zero-order valence-electron chi connectivity index (χ0n) is 17.2. The van der Waals surface area contributed by atoms with Crippen LogP contribution in [-0.4, -0.2) is 29.0 Å². The molecule has 0 spiro atoms. The molecule has 9 nitrogen and oxygen atoms in total. The molecule has 2 aromatic carbocycles. The lowest BCUT2D eigenvalue weighted by Crippen LogP contribution is -2.23. The first-order valence-electron chi connectivity index (χ1n) is 10.0. The lowest BCUT2D eigenvalue weighted by Gasteiger charge is -2.12. The Kier molecular flexibility index (Phi) is 4.43. The third kappa shape index (κ3) is 2.83. The molecule has 1 atom stereocenters. The van der Waals surface area contributed by atoms with Gasteiger partial charge in [0.15, 0.2) is 11.3 Å². The topological polar surface area (TPSA) is 109 Å². The van der Waals surface area contributed by atoms with Gasteiger partial charge in [-0.2, -0.15) is 4.39 Å². The predicted octanol–water partition coefficient (Wildman–Crippen LogP) is 4.30. The number of rotatable bonds is 4. The van der Waals surface area contributed by atoms with Crippen molar-refractivity contribution in [3.63, 3.8) is 0 Å². The number of hydrogen-bond acceptors (Lipinski definition) is 6. The van der Waals surface area contributed by atoms with Crippen molar-refractivity contribution in [1.82, 2.24) is 24.1 Å². The number of fused-ring (bicyclic) bond motifs is 4. The van der Waals surface area contributed by atoms with E-state index in [2.05, 4.69) is 15.0 Å². The molecule has 0 bridgehead atoms. The molecule has 0 radical (unpaired) electrons. The number of benzene rings is 2. The fourth-order valence-corrected chi connectivity index (χ4v) is 3.79. The molecule has 3 heterocycles. The molecule has 10 heteroatoms. The summed E-state index contributed by atoms with van der Waals surface area (Å²) in [5, 5.41) is 11.6. The summed E-state index contributed by atoms with van der Waals surface area (Å²) >= 11 is 0. The smallest absolute Gasteiger partial charge is 0.296 e. The highest BCUT2D eigenvalue weighted by molar-refractivity contribution is 6.05. The van der Waals surface area contributed by atoms with Crippen molar-refractivity contribution in [1.29, 1.82) is 0 Å². The van der Waals surface area contributed by atoms with E-state index in [9.17, 15) is 19.3 Å². The Hall–Kier alpha value is -4.21. The average molecular weight is 432 g/mol. The highest BCUT2D eigenvalue weighted by Crippen LogP contribution is 2.30. The third-order valence-corrected chi connectivity index (χ3v) is 5.64. The van der Waals surface area contributed by atoms with E-state index in [1.54, 1.807) is 12.1 Å². The molecule has 0 aliphatic carbocycles. The zero-order chi connectivity index (χ0) is 22.6. The van der Waals surface area contributed by atoms with Crippen LogP contribution in [0.5, 0.6) is 0 Å². The number of nitro benzene ring substituents is 1. The van der Waals surface area contributed by atoms with Crippen molar-refractivity contribution in [2.75, 3.05) is 0 Å². The first-order valence-corrected chi connectivity index (χ1v) is 10.0.